The number of hydrogen-bond acceptors (Lipinski definition) is 7. The maximum atomic E-state index is 12.8. The molecular weight excluding hydrogens is 434 g/mol. The minimum Gasteiger partial charge on any atom is -0.507 e. The maximum absolute atomic E-state index is 12.8. The summed E-state index contributed by atoms with van der Waals surface area (Å²) in [4.78, 5) is 19.2. The summed E-state index contributed by atoms with van der Waals surface area (Å²) in [7, 11) is 0. The fourth-order valence-corrected chi connectivity index (χ4v) is 4.58. The van der Waals surface area contributed by atoms with Gasteiger partial charge in [-0.2, -0.15) is 0 Å². The SMILES string of the molecule is CCOc1ccc(C(=O)N[C@@H]2CCN(C(c3ccncc3)c3cc4c(cc3O)OCO4)C2)cc1. The van der Waals surface area contributed by atoms with Crippen molar-refractivity contribution in [1.29, 1.82) is 0 Å². The predicted molar refractivity (Wildman–Crippen MR) is 125 cm³/mol. The van der Waals surface area contributed by atoms with Crippen molar-refractivity contribution in [2.75, 3.05) is 26.5 Å². The van der Waals surface area contributed by atoms with Crippen molar-refractivity contribution < 1.29 is 24.1 Å². The molecule has 176 valence electrons. The lowest BCUT2D eigenvalue weighted by Gasteiger charge is -2.29. The number of ether oxygens (including phenoxy) is 3. The van der Waals surface area contributed by atoms with E-state index in [4.69, 9.17) is 14.2 Å². The molecule has 1 unspecified atom stereocenters. The van der Waals surface area contributed by atoms with E-state index in [1.54, 1.807) is 42.7 Å². The van der Waals surface area contributed by atoms with Crippen LogP contribution in [-0.2, 0) is 0 Å². The molecule has 2 aliphatic heterocycles. The zero-order chi connectivity index (χ0) is 23.5. The van der Waals surface area contributed by atoms with Crippen LogP contribution in [-0.4, -0.2) is 53.4 Å². The molecule has 2 atom stereocenters. The van der Waals surface area contributed by atoms with E-state index in [-0.39, 0.29) is 30.5 Å². The lowest BCUT2D eigenvalue weighted by atomic mass is 9.96. The van der Waals surface area contributed by atoms with Crippen molar-refractivity contribution in [3.05, 3.63) is 77.6 Å². The van der Waals surface area contributed by atoms with E-state index >= 15 is 0 Å². The third-order valence-corrected chi connectivity index (χ3v) is 6.19. The van der Waals surface area contributed by atoms with E-state index in [2.05, 4.69) is 15.2 Å². The zero-order valence-corrected chi connectivity index (χ0v) is 18.9. The van der Waals surface area contributed by atoms with Crippen LogP contribution in [0.25, 0.3) is 0 Å². The molecule has 8 heteroatoms. The molecule has 1 fully saturated rings. The molecule has 2 aromatic carbocycles. The van der Waals surface area contributed by atoms with Crippen LogP contribution in [0.4, 0.5) is 0 Å². The van der Waals surface area contributed by atoms with Gasteiger partial charge in [0.15, 0.2) is 11.5 Å². The number of nitrogens with zero attached hydrogens (tertiary/aromatic N) is 2. The van der Waals surface area contributed by atoms with Gasteiger partial charge in [0.2, 0.25) is 6.79 Å². The van der Waals surface area contributed by atoms with Gasteiger partial charge in [-0.25, -0.2) is 0 Å². The van der Waals surface area contributed by atoms with Crippen LogP contribution in [0.5, 0.6) is 23.0 Å². The van der Waals surface area contributed by atoms with Crippen molar-refractivity contribution in [3.8, 4) is 23.0 Å². The molecule has 2 N–H and O–H groups in total. The Labute approximate surface area is 198 Å². The molecule has 34 heavy (non-hydrogen) atoms. The molecule has 5 rings (SSSR count). The summed E-state index contributed by atoms with van der Waals surface area (Å²) in [6.07, 6.45) is 4.29. The van der Waals surface area contributed by atoms with E-state index in [9.17, 15) is 9.90 Å². The summed E-state index contributed by atoms with van der Waals surface area (Å²) >= 11 is 0. The monoisotopic (exact) mass is 461 g/mol. The molecule has 0 spiro atoms. The van der Waals surface area contributed by atoms with Gasteiger partial charge < -0.3 is 24.6 Å². The first kappa shape index (κ1) is 22.0. The van der Waals surface area contributed by atoms with Gasteiger partial charge in [0, 0.05) is 48.7 Å². The van der Waals surface area contributed by atoms with Crippen LogP contribution in [0.15, 0.2) is 60.9 Å². The van der Waals surface area contributed by atoms with Crippen LogP contribution >= 0.6 is 0 Å². The second kappa shape index (κ2) is 9.61. The normalized spacial score (nSPS) is 18.0. The van der Waals surface area contributed by atoms with Gasteiger partial charge in [0.25, 0.3) is 5.91 Å². The molecule has 1 aromatic heterocycles. The topological polar surface area (TPSA) is 93.2 Å². The molecule has 0 saturated carbocycles. The van der Waals surface area contributed by atoms with Crippen molar-refractivity contribution in [2.24, 2.45) is 0 Å². The third kappa shape index (κ3) is 4.49. The second-order valence-corrected chi connectivity index (χ2v) is 8.36. The van der Waals surface area contributed by atoms with Crippen LogP contribution in [0.2, 0.25) is 0 Å². The number of pyridine rings is 1. The van der Waals surface area contributed by atoms with Crippen LogP contribution < -0.4 is 19.5 Å². The number of hydrogen-bond donors (Lipinski definition) is 2. The number of rotatable bonds is 7. The Kier molecular flexibility index (Phi) is 6.22. The van der Waals surface area contributed by atoms with Gasteiger partial charge in [0.1, 0.15) is 11.5 Å². The highest BCUT2D eigenvalue weighted by Crippen LogP contribution is 2.43. The Balaban J connectivity index is 1.34. The van der Waals surface area contributed by atoms with Crippen molar-refractivity contribution in [1.82, 2.24) is 15.2 Å². The Morgan fingerprint density at radius 3 is 2.65 bits per heavy atom. The molecular formula is C26H27N3O5. The number of carbonyl (C=O) groups excluding carboxylic acids is 1. The van der Waals surface area contributed by atoms with Crippen LogP contribution in [0.3, 0.4) is 0 Å². The van der Waals surface area contributed by atoms with Gasteiger partial charge in [-0.1, -0.05) is 0 Å². The fourth-order valence-electron chi connectivity index (χ4n) is 4.58. The Morgan fingerprint density at radius 1 is 1.18 bits per heavy atom. The number of benzene rings is 2. The number of amides is 1. The van der Waals surface area contributed by atoms with Gasteiger partial charge in [-0.05, 0) is 61.4 Å². The lowest BCUT2D eigenvalue weighted by Crippen LogP contribution is -2.38. The van der Waals surface area contributed by atoms with Gasteiger partial charge in [-0.15, -0.1) is 0 Å². The lowest BCUT2D eigenvalue weighted by molar-refractivity contribution is 0.0936. The molecule has 3 aromatic rings. The van der Waals surface area contributed by atoms with Gasteiger partial charge in [0.05, 0.1) is 12.6 Å². The summed E-state index contributed by atoms with van der Waals surface area (Å²) in [5.41, 5.74) is 2.33. The minimum atomic E-state index is -0.218. The molecule has 3 heterocycles. The Bertz CT molecular complexity index is 1150. The molecule has 1 amide bonds. The van der Waals surface area contributed by atoms with Crippen molar-refractivity contribution >= 4 is 5.91 Å². The summed E-state index contributed by atoms with van der Waals surface area (Å²) < 4.78 is 16.4. The quantitative estimate of drug-likeness (QED) is 0.556. The molecule has 0 bridgehead atoms. The fraction of sp³-hybridized carbons (Fsp3) is 0.308. The molecule has 0 aliphatic carbocycles. The summed E-state index contributed by atoms with van der Waals surface area (Å²) in [5.74, 6) is 1.94. The number of nitrogens with one attached hydrogen (secondary N) is 1. The Hall–Kier alpha value is -3.78. The third-order valence-electron chi connectivity index (χ3n) is 6.19. The largest absolute Gasteiger partial charge is 0.507 e. The number of carbonyl (C=O) groups is 1. The molecule has 0 radical (unpaired) electrons. The zero-order valence-electron chi connectivity index (χ0n) is 18.9. The van der Waals surface area contributed by atoms with Crippen molar-refractivity contribution in [3.63, 3.8) is 0 Å². The van der Waals surface area contributed by atoms with Crippen LogP contribution in [0.1, 0.15) is 40.9 Å². The number of fused-ring (bicyclic) bond motifs is 1. The van der Waals surface area contributed by atoms with E-state index in [0.29, 0.717) is 30.2 Å². The molecule has 8 nitrogen and oxygen atoms in total. The standard InChI is InChI=1S/C26H27N3O5/c1-2-32-20-5-3-18(4-6-20)26(31)28-19-9-12-29(15-19)25(17-7-10-27-11-8-17)21-13-23-24(14-22(21)30)34-16-33-23/h3-8,10-11,13-14,19,25,30H,2,9,12,15-16H2,1H3,(H,28,31)/t19-,25?/m1/s1. The van der Waals surface area contributed by atoms with E-state index in [1.807, 2.05) is 25.1 Å². The average Bonchev–Trinajstić information content (AvgIpc) is 3.50. The average molecular weight is 462 g/mol. The van der Waals surface area contributed by atoms with Crippen LogP contribution in [0, 0.1) is 0 Å². The summed E-state index contributed by atoms with van der Waals surface area (Å²) in [5, 5.41) is 14.0. The predicted octanol–water partition coefficient (Wildman–Crippen LogP) is 3.51. The highest BCUT2D eigenvalue weighted by atomic mass is 16.7. The number of aromatic hydroxyl groups is 1. The maximum Gasteiger partial charge on any atom is 0.251 e. The number of phenols is 1. The highest BCUT2D eigenvalue weighted by molar-refractivity contribution is 5.94. The Morgan fingerprint density at radius 2 is 1.91 bits per heavy atom. The number of phenolic OH excluding ortho intramolecular Hbond substituents is 1. The first-order chi connectivity index (χ1) is 16.6. The summed E-state index contributed by atoms with van der Waals surface area (Å²) in [6, 6.07) is 14.3. The van der Waals surface area contributed by atoms with Gasteiger partial charge >= 0.3 is 0 Å². The minimum absolute atomic E-state index is 0.0143. The molecule has 2 aliphatic rings. The van der Waals surface area contributed by atoms with E-state index in [1.165, 1.54) is 0 Å². The number of aromatic nitrogens is 1. The highest BCUT2D eigenvalue weighted by Gasteiger charge is 2.33. The van der Waals surface area contributed by atoms with Crippen molar-refractivity contribution in [2.45, 2.75) is 25.4 Å². The second-order valence-electron chi connectivity index (χ2n) is 8.36. The van der Waals surface area contributed by atoms with Gasteiger partial charge in [-0.3, -0.25) is 14.7 Å². The van der Waals surface area contributed by atoms with E-state index < -0.39 is 0 Å². The van der Waals surface area contributed by atoms with E-state index in [0.717, 1.165) is 29.8 Å². The molecule has 1 saturated heterocycles. The summed E-state index contributed by atoms with van der Waals surface area (Å²) in [6.45, 7) is 4.05. The number of likely N-dealkylation sites (tertiary alicyclic amines) is 1. The first-order valence-corrected chi connectivity index (χ1v) is 11.4. The first-order valence-electron chi connectivity index (χ1n) is 11.4. The smallest absolute Gasteiger partial charge is 0.251 e.